The van der Waals surface area contributed by atoms with Crippen molar-refractivity contribution in [2.24, 2.45) is 0 Å². The molecule has 9 nitrogen and oxygen atoms in total. The Balaban J connectivity index is 1.21. The predicted octanol–water partition coefficient (Wildman–Crippen LogP) is 2.86. The normalized spacial score (nSPS) is 16.6. The van der Waals surface area contributed by atoms with E-state index in [0.29, 0.717) is 11.4 Å². The van der Waals surface area contributed by atoms with Gasteiger partial charge >= 0.3 is 0 Å². The van der Waals surface area contributed by atoms with Crippen molar-refractivity contribution in [1.29, 1.82) is 0 Å². The summed E-state index contributed by atoms with van der Waals surface area (Å²) in [6, 6.07) is 19.5. The molecule has 0 spiro atoms. The van der Waals surface area contributed by atoms with E-state index >= 15 is 0 Å². The molecule has 1 N–H and O–H groups in total. The maximum atomic E-state index is 12.8. The second kappa shape index (κ2) is 9.38. The largest absolute Gasteiger partial charge is 0.368 e. The van der Waals surface area contributed by atoms with Crippen molar-refractivity contribution in [2.75, 3.05) is 45.6 Å². The Morgan fingerprint density at radius 1 is 0.714 bits per heavy atom. The van der Waals surface area contributed by atoms with Crippen LogP contribution in [0.2, 0.25) is 0 Å². The molecular formula is C25H25N5O4S. The highest BCUT2D eigenvalue weighted by Crippen LogP contribution is 2.25. The summed E-state index contributed by atoms with van der Waals surface area (Å²) in [5, 5.41) is 0. The molecule has 3 heterocycles. The molecule has 2 amide bonds. The molecule has 0 bridgehead atoms. The third-order valence-corrected chi connectivity index (χ3v) is 7.58. The van der Waals surface area contributed by atoms with Crippen LogP contribution in [0.1, 0.15) is 12.8 Å². The number of carbonyl (C=O) groups is 2. The van der Waals surface area contributed by atoms with Gasteiger partial charge in [0, 0.05) is 44.7 Å². The SMILES string of the molecule is O=C1CCC(=O)N1c1ccc(S(=O)(=O)Nc2ccc(N3CCN(c4ccccc4)CC3)nc2)cc1. The molecule has 0 atom stereocenters. The number of hydrogen-bond acceptors (Lipinski definition) is 7. The summed E-state index contributed by atoms with van der Waals surface area (Å²) in [4.78, 5) is 33.9. The number of aromatic nitrogens is 1. The van der Waals surface area contributed by atoms with Gasteiger partial charge in [0.15, 0.2) is 0 Å². The number of imide groups is 1. The van der Waals surface area contributed by atoms with Crippen LogP contribution in [-0.2, 0) is 19.6 Å². The van der Waals surface area contributed by atoms with Crippen LogP contribution in [0.15, 0.2) is 77.8 Å². The van der Waals surface area contributed by atoms with E-state index < -0.39 is 10.0 Å². The summed E-state index contributed by atoms with van der Waals surface area (Å²) < 4.78 is 28.2. The number of pyridine rings is 1. The van der Waals surface area contributed by atoms with E-state index in [-0.39, 0.29) is 29.6 Å². The first-order valence-electron chi connectivity index (χ1n) is 11.4. The van der Waals surface area contributed by atoms with Gasteiger partial charge in [-0.2, -0.15) is 0 Å². The summed E-state index contributed by atoms with van der Waals surface area (Å²) in [6.45, 7) is 3.40. The zero-order valence-electron chi connectivity index (χ0n) is 19.0. The van der Waals surface area contributed by atoms with Gasteiger partial charge in [-0.1, -0.05) is 18.2 Å². The fourth-order valence-electron chi connectivity index (χ4n) is 4.32. The van der Waals surface area contributed by atoms with Crippen LogP contribution in [0.3, 0.4) is 0 Å². The molecular weight excluding hydrogens is 466 g/mol. The summed E-state index contributed by atoms with van der Waals surface area (Å²) in [7, 11) is -3.85. The number of benzene rings is 2. The molecule has 10 heteroatoms. The quantitative estimate of drug-likeness (QED) is 0.529. The number of amides is 2. The van der Waals surface area contributed by atoms with E-state index in [0.717, 1.165) is 36.9 Å². The highest BCUT2D eigenvalue weighted by molar-refractivity contribution is 7.92. The van der Waals surface area contributed by atoms with Crippen LogP contribution in [0.4, 0.5) is 22.9 Å². The molecule has 2 aliphatic rings. The van der Waals surface area contributed by atoms with Gasteiger partial charge in [0.2, 0.25) is 11.8 Å². The van der Waals surface area contributed by atoms with E-state index in [1.807, 2.05) is 24.3 Å². The Bertz CT molecular complexity index is 1300. The number of hydrogen-bond donors (Lipinski definition) is 1. The smallest absolute Gasteiger partial charge is 0.261 e. The third-order valence-electron chi connectivity index (χ3n) is 6.18. The number of piperazine rings is 1. The van der Waals surface area contributed by atoms with Crippen molar-refractivity contribution >= 4 is 44.7 Å². The van der Waals surface area contributed by atoms with Crippen molar-refractivity contribution in [1.82, 2.24) is 4.98 Å². The molecule has 5 rings (SSSR count). The lowest BCUT2D eigenvalue weighted by molar-refractivity contribution is -0.121. The molecule has 3 aromatic rings. The molecule has 2 fully saturated rings. The average molecular weight is 492 g/mol. The summed E-state index contributed by atoms with van der Waals surface area (Å²) in [6.07, 6.45) is 1.85. The van der Waals surface area contributed by atoms with Gasteiger partial charge < -0.3 is 9.80 Å². The summed E-state index contributed by atoms with van der Waals surface area (Å²) in [5.41, 5.74) is 1.93. The lowest BCUT2D eigenvalue weighted by Gasteiger charge is -2.36. The molecule has 0 aliphatic carbocycles. The second-order valence-electron chi connectivity index (χ2n) is 8.44. The molecule has 2 aromatic carbocycles. The fraction of sp³-hybridized carbons (Fsp3) is 0.240. The van der Waals surface area contributed by atoms with Gasteiger partial charge in [0.25, 0.3) is 10.0 Å². The Morgan fingerprint density at radius 2 is 1.34 bits per heavy atom. The Kier molecular flexibility index (Phi) is 6.12. The zero-order valence-corrected chi connectivity index (χ0v) is 19.8. The van der Waals surface area contributed by atoms with Crippen LogP contribution in [-0.4, -0.2) is 51.4 Å². The van der Waals surface area contributed by atoms with Crippen molar-refractivity contribution < 1.29 is 18.0 Å². The number of nitrogens with one attached hydrogen (secondary N) is 1. The minimum Gasteiger partial charge on any atom is -0.368 e. The Morgan fingerprint density at radius 3 is 1.94 bits per heavy atom. The summed E-state index contributed by atoms with van der Waals surface area (Å²) in [5.74, 6) is 0.234. The topological polar surface area (TPSA) is 103 Å². The molecule has 35 heavy (non-hydrogen) atoms. The van der Waals surface area contributed by atoms with Crippen LogP contribution in [0.25, 0.3) is 0 Å². The number of para-hydroxylation sites is 1. The lowest BCUT2D eigenvalue weighted by atomic mass is 10.2. The van der Waals surface area contributed by atoms with Gasteiger partial charge in [-0.3, -0.25) is 19.2 Å². The van der Waals surface area contributed by atoms with Gasteiger partial charge in [-0.05, 0) is 48.5 Å². The Labute approximate surface area is 204 Å². The van der Waals surface area contributed by atoms with Crippen molar-refractivity contribution in [3.8, 4) is 0 Å². The van der Waals surface area contributed by atoms with E-state index in [4.69, 9.17) is 0 Å². The monoisotopic (exact) mass is 491 g/mol. The lowest BCUT2D eigenvalue weighted by Crippen LogP contribution is -2.46. The third kappa shape index (κ3) is 4.83. The molecule has 0 radical (unpaired) electrons. The first-order chi connectivity index (χ1) is 16.9. The number of sulfonamides is 1. The maximum absolute atomic E-state index is 12.8. The minimum absolute atomic E-state index is 0.0291. The predicted molar refractivity (Wildman–Crippen MR) is 134 cm³/mol. The van der Waals surface area contributed by atoms with Gasteiger partial charge in [0.05, 0.1) is 22.5 Å². The van der Waals surface area contributed by atoms with Crippen molar-refractivity contribution in [3.05, 3.63) is 72.9 Å². The Hall–Kier alpha value is -3.92. The second-order valence-corrected chi connectivity index (χ2v) is 10.1. The van der Waals surface area contributed by atoms with Crippen LogP contribution in [0, 0.1) is 0 Å². The number of nitrogens with zero attached hydrogens (tertiary/aromatic N) is 4. The number of rotatable bonds is 6. The standard InChI is InChI=1S/C25H25N5O4S/c31-24-12-13-25(32)30(24)21-7-9-22(10-8-21)35(33,34)27-19-6-11-23(26-18-19)29-16-14-28(15-17-29)20-4-2-1-3-5-20/h1-11,18,27H,12-17H2. The van der Waals surface area contributed by atoms with E-state index in [9.17, 15) is 18.0 Å². The minimum atomic E-state index is -3.85. The van der Waals surface area contributed by atoms with Gasteiger partial charge in [-0.15, -0.1) is 0 Å². The van der Waals surface area contributed by atoms with E-state index in [1.165, 1.54) is 36.1 Å². The van der Waals surface area contributed by atoms with Crippen LogP contribution >= 0.6 is 0 Å². The van der Waals surface area contributed by atoms with Crippen molar-refractivity contribution in [2.45, 2.75) is 17.7 Å². The van der Waals surface area contributed by atoms with E-state index in [2.05, 4.69) is 31.6 Å². The number of carbonyl (C=O) groups excluding carboxylic acids is 2. The molecule has 0 saturated carbocycles. The highest BCUT2D eigenvalue weighted by Gasteiger charge is 2.30. The van der Waals surface area contributed by atoms with Crippen LogP contribution in [0.5, 0.6) is 0 Å². The van der Waals surface area contributed by atoms with Crippen LogP contribution < -0.4 is 19.4 Å². The zero-order chi connectivity index (χ0) is 24.4. The molecule has 1 aromatic heterocycles. The molecule has 2 aliphatic heterocycles. The first kappa shape index (κ1) is 22.9. The van der Waals surface area contributed by atoms with Crippen molar-refractivity contribution in [3.63, 3.8) is 0 Å². The van der Waals surface area contributed by atoms with Gasteiger partial charge in [-0.25, -0.2) is 13.4 Å². The first-order valence-corrected chi connectivity index (χ1v) is 12.9. The van der Waals surface area contributed by atoms with Gasteiger partial charge in [0.1, 0.15) is 5.82 Å². The average Bonchev–Trinajstić information content (AvgIpc) is 3.22. The number of anilines is 4. The molecule has 180 valence electrons. The fourth-order valence-corrected chi connectivity index (χ4v) is 5.36. The summed E-state index contributed by atoms with van der Waals surface area (Å²) >= 11 is 0. The maximum Gasteiger partial charge on any atom is 0.261 e. The molecule has 0 unspecified atom stereocenters. The highest BCUT2D eigenvalue weighted by atomic mass is 32.2. The molecule has 2 saturated heterocycles. The van der Waals surface area contributed by atoms with E-state index in [1.54, 1.807) is 6.07 Å².